The van der Waals surface area contributed by atoms with Crippen LogP contribution >= 0.6 is 34.0 Å². The number of hydrogen-bond acceptors (Lipinski definition) is 5. The third kappa shape index (κ3) is 10.9. The summed E-state index contributed by atoms with van der Waals surface area (Å²) in [6, 6.07) is -0.915. The van der Waals surface area contributed by atoms with Crippen LogP contribution in [0.1, 0.15) is 27.2 Å². The van der Waals surface area contributed by atoms with Gasteiger partial charge in [-0.05, 0) is 12.0 Å². The van der Waals surface area contributed by atoms with Crippen molar-refractivity contribution < 1.29 is 9.90 Å². The zero-order chi connectivity index (χ0) is 13.5. The number of azide groups is 1. The van der Waals surface area contributed by atoms with Crippen LogP contribution in [0.15, 0.2) is 5.11 Å². The molecule has 1 unspecified atom stereocenters. The van der Waals surface area contributed by atoms with E-state index in [2.05, 4.69) is 30.8 Å². The summed E-state index contributed by atoms with van der Waals surface area (Å²) < 4.78 is 0.0621. The van der Waals surface area contributed by atoms with Crippen molar-refractivity contribution in [3.63, 3.8) is 0 Å². The number of aliphatic carboxylic acids is 1. The minimum atomic E-state index is -1.03. The summed E-state index contributed by atoms with van der Waals surface area (Å²) in [5.41, 5.74) is 13.8. The number of nitrogens with zero attached hydrogens (tertiary/aromatic N) is 3. The number of nitrogens with two attached hydrogens (primary N) is 1. The van der Waals surface area contributed by atoms with Crippen LogP contribution in [0.5, 0.6) is 0 Å². The quantitative estimate of drug-likeness (QED) is 0.324. The Bertz CT molecular complexity index is 305. The van der Waals surface area contributed by atoms with Gasteiger partial charge in [0.05, 0.1) is 0 Å². The van der Waals surface area contributed by atoms with Gasteiger partial charge in [0.1, 0.15) is 6.04 Å². The van der Waals surface area contributed by atoms with Crippen LogP contribution in [-0.2, 0) is 4.79 Å². The fraction of sp³-hybridized carbons (Fsp3) is 0.889. The topological polar surface area (TPSA) is 112 Å². The summed E-state index contributed by atoms with van der Waals surface area (Å²) in [5, 5.41) is 12.1. The summed E-state index contributed by atoms with van der Waals surface area (Å²) in [7, 11) is 3.15. The lowest BCUT2D eigenvalue weighted by atomic mass is 10.2. The van der Waals surface area contributed by atoms with Crippen LogP contribution in [0.3, 0.4) is 0 Å². The van der Waals surface area contributed by atoms with Gasteiger partial charge in [-0.3, -0.25) is 4.79 Å². The van der Waals surface area contributed by atoms with Gasteiger partial charge in [-0.2, -0.15) is 0 Å². The van der Waals surface area contributed by atoms with E-state index in [1.165, 1.54) is 10.8 Å². The highest BCUT2D eigenvalue weighted by Crippen LogP contribution is 2.39. The molecule has 0 fully saturated rings. The Morgan fingerprint density at radius 1 is 1.56 bits per heavy atom. The van der Waals surface area contributed by atoms with Crippen molar-refractivity contribution in [2.24, 2.45) is 10.8 Å². The van der Waals surface area contributed by atoms with E-state index in [4.69, 9.17) is 16.4 Å². The van der Waals surface area contributed by atoms with Crippen LogP contribution in [0, 0.1) is 0 Å². The molecule has 2 atom stereocenters. The molecule has 0 heterocycles. The van der Waals surface area contributed by atoms with Gasteiger partial charge in [0.15, 0.2) is 0 Å². The Balaban J connectivity index is 0. The van der Waals surface area contributed by atoms with Gasteiger partial charge in [-0.15, -0.1) is 12.4 Å². The fourth-order valence-electron chi connectivity index (χ4n) is 0.868. The van der Waals surface area contributed by atoms with Crippen LogP contribution < -0.4 is 5.73 Å². The van der Waals surface area contributed by atoms with E-state index in [1.807, 2.05) is 0 Å². The average molecular weight is 315 g/mol. The number of carboxylic acid groups (broad SMARTS) is 1. The maximum atomic E-state index is 10.7. The average Bonchev–Trinajstić information content (AvgIpc) is 2.20. The van der Waals surface area contributed by atoms with Gasteiger partial charge in [-0.1, -0.05) is 47.5 Å². The van der Waals surface area contributed by atoms with Crippen LogP contribution in [0.2, 0.25) is 0 Å². The zero-order valence-electron chi connectivity index (χ0n) is 10.6. The molecule has 0 aliphatic carbocycles. The lowest BCUT2D eigenvalue weighted by Gasteiger charge is -2.22. The van der Waals surface area contributed by atoms with E-state index >= 15 is 0 Å². The highest BCUT2D eigenvalue weighted by Gasteiger charge is 2.21. The van der Waals surface area contributed by atoms with Crippen molar-refractivity contribution in [1.29, 1.82) is 0 Å². The largest absolute Gasteiger partial charge is 0.480 e. The van der Waals surface area contributed by atoms with E-state index in [1.54, 1.807) is 10.8 Å². The van der Waals surface area contributed by atoms with Crippen molar-refractivity contribution in [2.75, 3.05) is 6.54 Å². The smallest absolute Gasteiger partial charge is 0.320 e. The molecule has 0 saturated heterocycles. The van der Waals surface area contributed by atoms with Crippen molar-refractivity contribution >= 4 is 40.0 Å². The van der Waals surface area contributed by atoms with E-state index < -0.39 is 12.0 Å². The molecule has 106 valence electrons. The summed E-state index contributed by atoms with van der Waals surface area (Å²) in [6.45, 7) is 6.44. The first kappa shape index (κ1) is 20.1. The number of hydrogen-bond donors (Lipinski definition) is 2. The molecule has 0 aromatic rings. The second-order valence-corrected chi connectivity index (χ2v) is 7.84. The highest BCUT2D eigenvalue weighted by molar-refractivity contribution is 8.77. The van der Waals surface area contributed by atoms with Gasteiger partial charge in [0.2, 0.25) is 0 Å². The molecule has 0 rings (SSSR count). The first-order valence-corrected chi connectivity index (χ1v) is 7.31. The number of halogens is 1. The highest BCUT2D eigenvalue weighted by atomic mass is 35.5. The van der Waals surface area contributed by atoms with Gasteiger partial charge in [0, 0.05) is 21.5 Å². The third-order valence-electron chi connectivity index (χ3n) is 1.62. The number of carboxylic acids is 1. The Morgan fingerprint density at radius 2 is 2.11 bits per heavy atom. The normalized spacial score (nSPS) is 14.0. The molecule has 0 bridgehead atoms. The number of carbonyl (C=O) groups is 1. The van der Waals surface area contributed by atoms with Crippen molar-refractivity contribution in [2.45, 2.75) is 43.2 Å². The second kappa shape index (κ2) is 9.63. The maximum absolute atomic E-state index is 10.7. The molecule has 0 amide bonds. The molecule has 18 heavy (non-hydrogen) atoms. The Labute approximate surface area is 121 Å². The fourth-order valence-corrected chi connectivity index (χ4v) is 3.40. The molecular weight excluding hydrogens is 296 g/mol. The van der Waals surface area contributed by atoms with Gasteiger partial charge in [-0.25, -0.2) is 0 Å². The molecule has 0 saturated carbocycles. The summed E-state index contributed by atoms with van der Waals surface area (Å²) in [4.78, 5) is 13.4. The van der Waals surface area contributed by atoms with Gasteiger partial charge in [0.25, 0.3) is 0 Å². The number of rotatable bonds is 7. The molecule has 3 N–H and O–H groups in total. The first-order chi connectivity index (χ1) is 7.76. The third-order valence-corrected chi connectivity index (χ3v) is 5.43. The Morgan fingerprint density at radius 3 is 2.50 bits per heavy atom. The SMILES string of the molecule is CC(C)(C)SS[C@H](CN=[N+]=[N-])CC(N)C(=O)O.Cl. The molecule has 0 aromatic heterocycles. The minimum Gasteiger partial charge on any atom is -0.480 e. The van der Waals surface area contributed by atoms with Crippen LogP contribution in [0.4, 0.5) is 0 Å². The standard InChI is InChI=1S/C9H18N4O2S2.ClH/c1-9(2,3)17-16-6(5-12-13-11)4-7(10)8(14)15;/h6-7H,4-5,10H2,1-3H3,(H,14,15);1H/t6-,7?;/m0./s1. The summed E-state index contributed by atoms with van der Waals surface area (Å²) in [5.74, 6) is -1.03. The second-order valence-electron chi connectivity index (χ2n) is 4.51. The molecule has 9 heteroatoms. The Hall–Kier alpha value is -0.270. The lowest BCUT2D eigenvalue weighted by molar-refractivity contribution is -0.138. The molecule has 6 nitrogen and oxygen atoms in total. The Kier molecular flexibility index (Phi) is 10.7. The van der Waals surface area contributed by atoms with E-state index in [0.29, 0.717) is 6.42 Å². The van der Waals surface area contributed by atoms with Crippen LogP contribution in [0.25, 0.3) is 10.4 Å². The van der Waals surface area contributed by atoms with E-state index in [-0.39, 0.29) is 28.9 Å². The maximum Gasteiger partial charge on any atom is 0.320 e. The predicted molar refractivity (Wildman–Crippen MR) is 80.2 cm³/mol. The molecule has 0 aliphatic heterocycles. The predicted octanol–water partition coefficient (Wildman–Crippen LogP) is 3.07. The van der Waals surface area contributed by atoms with Gasteiger partial charge < -0.3 is 10.8 Å². The lowest BCUT2D eigenvalue weighted by Crippen LogP contribution is -2.33. The van der Waals surface area contributed by atoms with Gasteiger partial charge >= 0.3 is 5.97 Å². The van der Waals surface area contributed by atoms with Crippen molar-refractivity contribution in [1.82, 2.24) is 0 Å². The van der Waals surface area contributed by atoms with Crippen molar-refractivity contribution in [3.05, 3.63) is 10.4 Å². The minimum absolute atomic E-state index is 0. The van der Waals surface area contributed by atoms with E-state index in [9.17, 15) is 4.79 Å². The summed E-state index contributed by atoms with van der Waals surface area (Å²) >= 11 is 0. The molecule has 0 aromatic carbocycles. The molecule has 0 aliphatic rings. The van der Waals surface area contributed by atoms with Crippen LogP contribution in [-0.4, -0.2) is 33.7 Å². The molecule has 0 radical (unpaired) electrons. The summed E-state index contributed by atoms with van der Waals surface area (Å²) in [6.07, 6.45) is 0.294. The molecular formula is C9H19ClN4O2S2. The van der Waals surface area contributed by atoms with Crippen molar-refractivity contribution in [3.8, 4) is 0 Å². The van der Waals surface area contributed by atoms with E-state index in [0.717, 1.165) is 0 Å². The zero-order valence-corrected chi connectivity index (χ0v) is 13.0. The monoisotopic (exact) mass is 314 g/mol. The molecule has 0 spiro atoms. The first-order valence-electron chi connectivity index (χ1n) is 5.10.